The molecule has 0 aliphatic heterocycles. The molecule has 14 heavy (non-hydrogen) atoms. The van der Waals surface area contributed by atoms with Crippen molar-refractivity contribution < 1.29 is 9.50 Å². The minimum absolute atomic E-state index is 0.173. The molecule has 2 heteroatoms. The second kappa shape index (κ2) is 5.11. The van der Waals surface area contributed by atoms with Crippen LogP contribution in [0.25, 0.3) is 0 Å². The summed E-state index contributed by atoms with van der Waals surface area (Å²) in [6.07, 6.45) is 1.68. The van der Waals surface area contributed by atoms with Crippen LogP contribution in [-0.2, 0) is 6.42 Å². The largest absolute Gasteiger partial charge is 0.396 e. The molecule has 1 aromatic carbocycles. The van der Waals surface area contributed by atoms with Crippen molar-refractivity contribution in [1.29, 1.82) is 0 Å². The Hall–Kier alpha value is -0.890. The fourth-order valence-electron chi connectivity index (χ4n) is 1.51. The molecule has 0 saturated carbocycles. The molecule has 1 rings (SSSR count). The first-order chi connectivity index (χ1) is 6.67. The van der Waals surface area contributed by atoms with Gasteiger partial charge in [0.05, 0.1) is 0 Å². The zero-order valence-electron chi connectivity index (χ0n) is 8.76. The predicted octanol–water partition coefficient (Wildman–Crippen LogP) is 2.70. The minimum atomic E-state index is -0.196. The highest BCUT2D eigenvalue weighted by molar-refractivity contribution is 5.26. The fourth-order valence-corrected chi connectivity index (χ4v) is 1.51. The second-order valence-corrected chi connectivity index (χ2v) is 3.73. The monoisotopic (exact) mass is 196 g/mol. The summed E-state index contributed by atoms with van der Waals surface area (Å²) in [6.45, 7) is 4.18. The number of hydrogen-bond acceptors (Lipinski definition) is 1. The van der Waals surface area contributed by atoms with Crippen LogP contribution < -0.4 is 0 Å². The number of aliphatic hydroxyl groups excluding tert-OH is 1. The number of aryl methyl sites for hydroxylation is 1. The molecule has 1 unspecified atom stereocenters. The summed E-state index contributed by atoms with van der Waals surface area (Å²) in [4.78, 5) is 0. The van der Waals surface area contributed by atoms with Gasteiger partial charge in [0.1, 0.15) is 5.82 Å². The Kier molecular flexibility index (Phi) is 4.08. The Morgan fingerprint density at radius 2 is 2.14 bits per heavy atom. The second-order valence-electron chi connectivity index (χ2n) is 3.73. The Morgan fingerprint density at radius 3 is 2.71 bits per heavy atom. The first kappa shape index (κ1) is 11.2. The highest BCUT2D eigenvalue weighted by atomic mass is 19.1. The summed E-state index contributed by atoms with van der Waals surface area (Å²) in [5, 5.41) is 9.05. The number of aliphatic hydroxyl groups is 1. The third kappa shape index (κ3) is 2.81. The molecule has 1 aromatic rings. The van der Waals surface area contributed by atoms with Gasteiger partial charge in [0.15, 0.2) is 0 Å². The average molecular weight is 196 g/mol. The molecule has 1 atom stereocenters. The summed E-state index contributed by atoms with van der Waals surface area (Å²) in [5.41, 5.74) is 2.10. The van der Waals surface area contributed by atoms with Gasteiger partial charge in [-0.25, -0.2) is 4.39 Å². The molecule has 0 amide bonds. The van der Waals surface area contributed by atoms with Gasteiger partial charge in [-0.05, 0) is 42.5 Å². The van der Waals surface area contributed by atoms with Crippen molar-refractivity contribution in [1.82, 2.24) is 0 Å². The molecule has 0 saturated heterocycles. The van der Waals surface area contributed by atoms with Crippen molar-refractivity contribution in [2.24, 2.45) is 5.92 Å². The molecule has 0 spiro atoms. The maximum atomic E-state index is 12.9. The van der Waals surface area contributed by atoms with Gasteiger partial charge in [0.2, 0.25) is 0 Å². The van der Waals surface area contributed by atoms with E-state index in [2.05, 4.69) is 0 Å². The third-order valence-electron chi connectivity index (χ3n) is 2.66. The average Bonchev–Trinajstić information content (AvgIpc) is 2.19. The van der Waals surface area contributed by atoms with E-state index in [1.54, 1.807) is 12.1 Å². The Labute approximate surface area is 84.6 Å². The van der Waals surface area contributed by atoms with Crippen molar-refractivity contribution in [3.05, 3.63) is 35.1 Å². The van der Waals surface area contributed by atoms with Gasteiger partial charge in [0.25, 0.3) is 0 Å². The lowest BCUT2D eigenvalue weighted by Gasteiger charge is -2.13. The summed E-state index contributed by atoms with van der Waals surface area (Å²) in [6, 6.07) is 4.82. The molecule has 1 N–H and O–H groups in total. The van der Waals surface area contributed by atoms with Crippen LogP contribution >= 0.6 is 0 Å². The van der Waals surface area contributed by atoms with Gasteiger partial charge in [-0.1, -0.05) is 19.4 Å². The van der Waals surface area contributed by atoms with Crippen molar-refractivity contribution in [3.8, 4) is 0 Å². The molecular formula is C12H17FO. The molecule has 0 aliphatic rings. The molecular weight excluding hydrogens is 179 g/mol. The van der Waals surface area contributed by atoms with Crippen LogP contribution in [0.5, 0.6) is 0 Å². The van der Waals surface area contributed by atoms with Crippen LogP contribution in [0.2, 0.25) is 0 Å². The Balaban J connectivity index is 2.79. The van der Waals surface area contributed by atoms with Crippen LogP contribution in [0.4, 0.5) is 4.39 Å². The first-order valence-corrected chi connectivity index (χ1v) is 5.03. The van der Waals surface area contributed by atoms with Crippen LogP contribution in [0.1, 0.15) is 24.5 Å². The number of halogens is 1. The number of benzene rings is 1. The van der Waals surface area contributed by atoms with Gasteiger partial charge in [-0.3, -0.25) is 0 Å². The maximum Gasteiger partial charge on any atom is 0.123 e. The van der Waals surface area contributed by atoms with Gasteiger partial charge in [0, 0.05) is 6.61 Å². The SMILES string of the molecule is CCC(CO)Cc1cc(F)ccc1C. The van der Waals surface area contributed by atoms with Crippen molar-refractivity contribution >= 4 is 0 Å². The van der Waals surface area contributed by atoms with Gasteiger partial charge in [-0.2, -0.15) is 0 Å². The highest BCUT2D eigenvalue weighted by Gasteiger charge is 2.08. The van der Waals surface area contributed by atoms with Gasteiger partial charge in [-0.15, -0.1) is 0 Å². The smallest absolute Gasteiger partial charge is 0.123 e. The third-order valence-corrected chi connectivity index (χ3v) is 2.66. The topological polar surface area (TPSA) is 20.2 Å². The Morgan fingerprint density at radius 1 is 1.43 bits per heavy atom. The predicted molar refractivity (Wildman–Crippen MR) is 55.7 cm³/mol. The van der Waals surface area contributed by atoms with E-state index in [1.807, 2.05) is 13.8 Å². The quantitative estimate of drug-likeness (QED) is 0.785. The zero-order valence-corrected chi connectivity index (χ0v) is 8.76. The standard InChI is InChI=1S/C12H17FO/c1-3-10(8-14)6-11-7-12(13)5-4-9(11)2/h4-5,7,10,14H,3,6,8H2,1-2H3. The van der Waals surface area contributed by atoms with Crippen LogP contribution in [-0.4, -0.2) is 11.7 Å². The highest BCUT2D eigenvalue weighted by Crippen LogP contribution is 2.16. The van der Waals surface area contributed by atoms with Crippen molar-refractivity contribution in [2.45, 2.75) is 26.7 Å². The summed E-state index contributed by atoms with van der Waals surface area (Å²) in [5.74, 6) is 0.0499. The van der Waals surface area contributed by atoms with E-state index in [9.17, 15) is 4.39 Å². The Bertz CT molecular complexity index is 292. The molecule has 78 valence electrons. The van der Waals surface area contributed by atoms with E-state index in [0.29, 0.717) is 0 Å². The molecule has 0 aliphatic carbocycles. The number of rotatable bonds is 4. The molecule has 0 bridgehead atoms. The lowest BCUT2D eigenvalue weighted by Crippen LogP contribution is -2.09. The van der Waals surface area contributed by atoms with Crippen molar-refractivity contribution in [3.63, 3.8) is 0 Å². The lowest BCUT2D eigenvalue weighted by atomic mass is 9.95. The summed E-state index contributed by atoms with van der Waals surface area (Å²) < 4.78 is 12.9. The maximum absolute atomic E-state index is 12.9. The molecule has 1 nitrogen and oxygen atoms in total. The molecule has 0 radical (unpaired) electrons. The van der Waals surface area contributed by atoms with E-state index in [4.69, 9.17) is 5.11 Å². The lowest BCUT2D eigenvalue weighted by molar-refractivity contribution is 0.222. The summed E-state index contributed by atoms with van der Waals surface area (Å²) >= 11 is 0. The zero-order chi connectivity index (χ0) is 10.6. The van der Waals surface area contributed by atoms with Gasteiger partial charge >= 0.3 is 0 Å². The van der Waals surface area contributed by atoms with E-state index in [-0.39, 0.29) is 18.3 Å². The van der Waals surface area contributed by atoms with Gasteiger partial charge < -0.3 is 5.11 Å². The summed E-state index contributed by atoms with van der Waals surface area (Å²) in [7, 11) is 0. The first-order valence-electron chi connectivity index (χ1n) is 5.03. The number of hydrogen-bond donors (Lipinski definition) is 1. The van der Waals surface area contributed by atoms with Crippen molar-refractivity contribution in [2.75, 3.05) is 6.61 Å². The fraction of sp³-hybridized carbons (Fsp3) is 0.500. The van der Waals surface area contributed by atoms with Crippen LogP contribution in [0.15, 0.2) is 18.2 Å². The normalized spacial score (nSPS) is 12.9. The molecule has 0 heterocycles. The van der Waals surface area contributed by atoms with Crippen LogP contribution in [0, 0.1) is 18.7 Å². The minimum Gasteiger partial charge on any atom is -0.396 e. The van der Waals surface area contributed by atoms with E-state index in [0.717, 1.165) is 24.0 Å². The molecule has 0 fully saturated rings. The van der Waals surface area contributed by atoms with E-state index in [1.165, 1.54) is 6.07 Å². The molecule has 0 aromatic heterocycles. The van der Waals surface area contributed by atoms with Crippen LogP contribution in [0.3, 0.4) is 0 Å². The van der Waals surface area contributed by atoms with E-state index >= 15 is 0 Å². The van der Waals surface area contributed by atoms with E-state index < -0.39 is 0 Å².